The number of imidazole rings is 1. The van der Waals surface area contributed by atoms with Crippen molar-refractivity contribution in [2.24, 2.45) is 5.92 Å². The number of fused-ring (bicyclic) bond motifs is 1. The topological polar surface area (TPSA) is 32.6 Å². The lowest BCUT2D eigenvalue weighted by atomic mass is 10.1. The number of nitrogens with zero attached hydrogens (tertiary/aromatic N) is 3. The lowest BCUT2D eigenvalue weighted by Gasteiger charge is -2.24. The third-order valence-electron chi connectivity index (χ3n) is 4.16. The van der Waals surface area contributed by atoms with E-state index in [0.717, 1.165) is 24.7 Å². The summed E-state index contributed by atoms with van der Waals surface area (Å²) < 4.78 is 2.22. The summed E-state index contributed by atoms with van der Waals surface area (Å²) in [7, 11) is 2.00. The van der Waals surface area contributed by atoms with Gasteiger partial charge in [0, 0.05) is 25.3 Å². The molecular weight excluding hydrogens is 260 g/mol. The van der Waals surface area contributed by atoms with E-state index in [-0.39, 0.29) is 0 Å². The molecule has 2 heterocycles. The highest BCUT2D eigenvalue weighted by molar-refractivity contribution is 5.57. The zero-order valence-corrected chi connectivity index (χ0v) is 13.3. The van der Waals surface area contributed by atoms with Crippen LogP contribution in [-0.2, 0) is 6.54 Å². The quantitative estimate of drug-likeness (QED) is 0.849. The molecule has 0 amide bonds. The van der Waals surface area contributed by atoms with Gasteiger partial charge in [0.25, 0.3) is 0 Å². The van der Waals surface area contributed by atoms with Gasteiger partial charge in [0.1, 0.15) is 5.65 Å². The van der Waals surface area contributed by atoms with E-state index in [1.165, 1.54) is 30.8 Å². The third-order valence-corrected chi connectivity index (χ3v) is 4.16. The molecule has 1 N–H and O–H groups in total. The van der Waals surface area contributed by atoms with Crippen LogP contribution in [0, 0.1) is 5.92 Å². The van der Waals surface area contributed by atoms with Gasteiger partial charge in [0.05, 0.1) is 5.69 Å². The van der Waals surface area contributed by atoms with Crippen molar-refractivity contribution in [3.8, 4) is 0 Å². The summed E-state index contributed by atoms with van der Waals surface area (Å²) in [4.78, 5) is 7.46. The maximum atomic E-state index is 4.92. The molecular formula is C17H26N4. The Balaban J connectivity index is 1.97. The second-order valence-electron chi connectivity index (χ2n) is 6.45. The Morgan fingerprint density at radius 1 is 1.38 bits per heavy atom. The monoisotopic (exact) mass is 286 g/mol. The molecule has 1 fully saturated rings. The Morgan fingerprint density at radius 3 is 2.86 bits per heavy atom. The number of anilines is 1. The summed E-state index contributed by atoms with van der Waals surface area (Å²) in [6, 6.07) is 6.93. The number of pyridine rings is 1. The van der Waals surface area contributed by atoms with E-state index < -0.39 is 0 Å². The molecule has 1 aliphatic carbocycles. The lowest BCUT2D eigenvalue weighted by molar-refractivity contribution is 0.567. The van der Waals surface area contributed by atoms with Gasteiger partial charge in [0.2, 0.25) is 0 Å². The largest absolute Gasteiger partial charge is 0.352 e. The van der Waals surface area contributed by atoms with Crippen molar-refractivity contribution in [3.63, 3.8) is 0 Å². The molecule has 4 nitrogen and oxygen atoms in total. The highest BCUT2D eigenvalue weighted by Gasteiger charge is 2.32. The highest BCUT2D eigenvalue weighted by atomic mass is 15.3. The number of hydrogen-bond donors (Lipinski definition) is 1. The highest BCUT2D eigenvalue weighted by Crippen LogP contribution is 2.34. The van der Waals surface area contributed by atoms with Crippen LogP contribution in [0.4, 0.5) is 5.82 Å². The summed E-state index contributed by atoms with van der Waals surface area (Å²) in [5.74, 6) is 1.91. The first kappa shape index (κ1) is 14.4. The first-order chi connectivity index (χ1) is 10.2. The second kappa shape index (κ2) is 6.06. The van der Waals surface area contributed by atoms with E-state index in [1.807, 2.05) is 7.05 Å². The number of aromatic nitrogens is 2. The van der Waals surface area contributed by atoms with Crippen molar-refractivity contribution in [3.05, 3.63) is 30.1 Å². The minimum absolute atomic E-state index is 0.698. The van der Waals surface area contributed by atoms with Crippen molar-refractivity contribution in [2.45, 2.75) is 45.7 Å². The normalized spacial score (nSPS) is 15.0. The molecule has 1 aliphatic rings. The Hall–Kier alpha value is -1.55. The van der Waals surface area contributed by atoms with Gasteiger partial charge in [-0.1, -0.05) is 19.9 Å². The molecule has 0 saturated heterocycles. The van der Waals surface area contributed by atoms with E-state index in [1.54, 1.807) is 0 Å². The smallest absolute Gasteiger partial charge is 0.152 e. The van der Waals surface area contributed by atoms with Crippen LogP contribution in [-0.4, -0.2) is 29.0 Å². The summed E-state index contributed by atoms with van der Waals surface area (Å²) in [6.45, 7) is 6.56. The van der Waals surface area contributed by atoms with Gasteiger partial charge in [-0.3, -0.25) is 0 Å². The van der Waals surface area contributed by atoms with Crippen molar-refractivity contribution in [1.82, 2.24) is 14.7 Å². The molecule has 2 aromatic heterocycles. The van der Waals surface area contributed by atoms with Gasteiger partial charge in [-0.15, -0.1) is 0 Å². The Labute approximate surface area is 127 Å². The minimum atomic E-state index is 0.698. The molecule has 1 saturated carbocycles. The van der Waals surface area contributed by atoms with E-state index in [0.29, 0.717) is 6.04 Å². The van der Waals surface area contributed by atoms with E-state index in [9.17, 15) is 0 Å². The Bertz CT molecular complexity index is 598. The number of nitrogens with one attached hydrogen (secondary N) is 1. The first-order valence-electron chi connectivity index (χ1n) is 8.08. The van der Waals surface area contributed by atoms with Crippen molar-refractivity contribution >= 4 is 11.5 Å². The molecule has 4 heteroatoms. The second-order valence-corrected chi connectivity index (χ2v) is 6.45. The SMILES string of the molecule is CNCc1c(N(CCC(C)C)C2CC2)nc2ccccn12. The van der Waals surface area contributed by atoms with E-state index >= 15 is 0 Å². The molecule has 0 aromatic carbocycles. The van der Waals surface area contributed by atoms with Gasteiger partial charge in [-0.25, -0.2) is 4.98 Å². The van der Waals surface area contributed by atoms with Crippen molar-refractivity contribution in [1.29, 1.82) is 0 Å². The van der Waals surface area contributed by atoms with Gasteiger partial charge in [0.15, 0.2) is 5.82 Å². The average Bonchev–Trinajstić information content (AvgIpc) is 3.23. The van der Waals surface area contributed by atoms with E-state index in [4.69, 9.17) is 4.98 Å². The van der Waals surface area contributed by atoms with Crippen molar-refractivity contribution in [2.75, 3.05) is 18.5 Å². The van der Waals surface area contributed by atoms with Crippen LogP contribution in [0.25, 0.3) is 5.65 Å². The van der Waals surface area contributed by atoms with Gasteiger partial charge in [-0.2, -0.15) is 0 Å². The Morgan fingerprint density at radius 2 is 2.19 bits per heavy atom. The molecule has 0 unspecified atom stereocenters. The van der Waals surface area contributed by atoms with Crippen molar-refractivity contribution < 1.29 is 0 Å². The van der Waals surface area contributed by atoms with Crippen LogP contribution in [0.5, 0.6) is 0 Å². The molecule has 21 heavy (non-hydrogen) atoms. The average molecular weight is 286 g/mol. The molecule has 114 valence electrons. The maximum absolute atomic E-state index is 4.92. The number of rotatable bonds is 7. The zero-order valence-electron chi connectivity index (χ0n) is 13.3. The molecule has 0 spiro atoms. The summed E-state index contributed by atoms with van der Waals surface area (Å²) in [5, 5.41) is 3.29. The van der Waals surface area contributed by atoms with E-state index in [2.05, 4.69) is 52.9 Å². The molecule has 2 aromatic rings. The van der Waals surface area contributed by atoms with Crippen LogP contribution in [0.15, 0.2) is 24.4 Å². The van der Waals surface area contributed by atoms with Crippen LogP contribution in [0.2, 0.25) is 0 Å². The third kappa shape index (κ3) is 3.05. The van der Waals surface area contributed by atoms with Gasteiger partial charge >= 0.3 is 0 Å². The van der Waals surface area contributed by atoms with Crippen LogP contribution >= 0.6 is 0 Å². The van der Waals surface area contributed by atoms with Crippen LogP contribution in [0.3, 0.4) is 0 Å². The van der Waals surface area contributed by atoms with Crippen LogP contribution < -0.4 is 10.2 Å². The summed E-state index contributed by atoms with van der Waals surface area (Å²) in [6.07, 6.45) is 5.96. The minimum Gasteiger partial charge on any atom is -0.352 e. The lowest BCUT2D eigenvalue weighted by Crippen LogP contribution is -2.29. The molecule has 0 radical (unpaired) electrons. The molecule has 0 bridgehead atoms. The predicted octanol–water partition coefficient (Wildman–Crippen LogP) is 3.07. The van der Waals surface area contributed by atoms with Gasteiger partial charge < -0.3 is 14.6 Å². The predicted molar refractivity (Wildman–Crippen MR) is 87.8 cm³/mol. The molecule has 3 rings (SSSR count). The van der Waals surface area contributed by atoms with Gasteiger partial charge in [-0.05, 0) is 44.4 Å². The maximum Gasteiger partial charge on any atom is 0.152 e. The fourth-order valence-electron chi connectivity index (χ4n) is 2.84. The first-order valence-corrected chi connectivity index (χ1v) is 8.08. The Kier molecular flexibility index (Phi) is 4.15. The van der Waals surface area contributed by atoms with Crippen LogP contribution in [0.1, 0.15) is 38.8 Å². The number of hydrogen-bond acceptors (Lipinski definition) is 3. The summed E-state index contributed by atoms with van der Waals surface area (Å²) >= 11 is 0. The fourth-order valence-corrected chi connectivity index (χ4v) is 2.84. The summed E-state index contributed by atoms with van der Waals surface area (Å²) in [5.41, 5.74) is 2.33. The zero-order chi connectivity index (χ0) is 14.8. The molecule has 0 atom stereocenters. The standard InChI is InChI=1S/C17H26N4/c1-13(2)9-11-20(14-7-8-14)17-15(12-18-3)21-10-5-4-6-16(21)19-17/h4-6,10,13-14,18H,7-9,11-12H2,1-3H3. The molecule has 0 aliphatic heterocycles. The fraction of sp³-hybridized carbons (Fsp3) is 0.588.